The molecule has 1 amide bonds. The Labute approximate surface area is 170 Å². The van der Waals surface area contributed by atoms with Crippen LogP contribution in [0.3, 0.4) is 0 Å². The summed E-state index contributed by atoms with van der Waals surface area (Å²) in [6.45, 7) is 10.3. The molecule has 1 heterocycles. The van der Waals surface area contributed by atoms with E-state index in [0.717, 1.165) is 38.6 Å². The highest BCUT2D eigenvalue weighted by molar-refractivity contribution is 5.81. The van der Waals surface area contributed by atoms with Crippen LogP contribution in [0.4, 0.5) is 0 Å². The standard InChI is InChI=1S/C22H37N5O/c1-6-23-21(25-17-22(2,3)26(4)5)24-15-19-14-20(28)27(16-19)13-12-18-10-8-7-9-11-18/h7-11,19H,6,12-17H2,1-5H3,(H2,23,24,25). The van der Waals surface area contributed by atoms with Gasteiger partial charge in [-0.15, -0.1) is 0 Å². The second kappa shape index (κ2) is 10.5. The largest absolute Gasteiger partial charge is 0.357 e. The van der Waals surface area contributed by atoms with E-state index in [4.69, 9.17) is 4.99 Å². The molecule has 0 aromatic heterocycles. The van der Waals surface area contributed by atoms with Crippen molar-refractivity contribution in [3.8, 4) is 0 Å². The van der Waals surface area contributed by atoms with E-state index in [9.17, 15) is 4.79 Å². The normalized spacial score (nSPS) is 18.1. The Kier molecular flexibility index (Phi) is 8.30. The van der Waals surface area contributed by atoms with Crippen molar-refractivity contribution >= 4 is 11.9 Å². The summed E-state index contributed by atoms with van der Waals surface area (Å²) < 4.78 is 0. The highest BCUT2D eigenvalue weighted by Gasteiger charge is 2.29. The van der Waals surface area contributed by atoms with Gasteiger partial charge in [-0.25, -0.2) is 0 Å². The van der Waals surface area contributed by atoms with Crippen LogP contribution >= 0.6 is 0 Å². The average Bonchev–Trinajstić information content (AvgIpc) is 3.02. The summed E-state index contributed by atoms with van der Waals surface area (Å²) in [6, 6.07) is 10.4. The summed E-state index contributed by atoms with van der Waals surface area (Å²) in [5.41, 5.74) is 1.28. The van der Waals surface area contributed by atoms with Crippen LogP contribution in [-0.2, 0) is 11.2 Å². The van der Waals surface area contributed by atoms with Crippen molar-refractivity contribution in [1.29, 1.82) is 0 Å². The number of nitrogens with one attached hydrogen (secondary N) is 2. The lowest BCUT2D eigenvalue weighted by Gasteiger charge is -2.31. The minimum absolute atomic E-state index is 0.0000860. The van der Waals surface area contributed by atoms with Gasteiger partial charge in [0, 0.05) is 44.1 Å². The first kappa shape index (κ1) is 22.2. The number of rotatable bonds is 9. The molecule has 156 valence electrons. The van der Waals surface area contributed by atoms with Crippen molar-refractivity contribution in [3.63, 3.8) is 0 Å². The van der Waals surface area contributed by atoms with Gasteiger partial charge >= 0.3 is 0 Å². The molecule has 2 N–H and O–H groups in total. The van der Waals surface area contributed by atoms with Gasteiger partial charge in [-0.3, -0.25) is 9.79 Å². The summed E-state index contributed by atoms with van der Waals surface area (Å²) >= 11 is 0. The van der Waals surface area contributed by atoms with Gasteiger partial charge in [0.15, 0.2) is 5.96 Å². The molecule has 0 bridgehead atoms. The lowest BCUT2D eigenvalue weighted by atomic mass is 10.1. The van der Waals surface area contributed by atoms with Crippen molar-refractivity contribution in [1.82, 2.24) is 20.4 Å². The van der Waals surface area contributed by atoms with Gasteiger partial charge in [0.05, 0.1) is 6.54 Å². The average molecular weight is 388 g/mol. The van der Waals surface area contributed by atoms with Crippen molar-refractivity contribution in [2.45, 2.75) is 39.2 Å². The quantitative estimate of drug-likeness (QED) is 0.502. The fourth-order valence-electron chi connectivity index (χ4n) is 3.11. The Morgan fingerprint density at radius 3 is 2.61 bits per heavy atom. The first-order valence-corrected chi connectivity index (χ1v) is 10.3. The summed E-state index contributed by atoms with van der Waals surface area (Å²) in [6.07, 6.45) is 1.53. The molecule has 1 fully saturated rings. The zero-order valence-corrected chi connectivity index (χ0v) is 18.2. The van der Waals surface area contributed by atoms with Crippen molar-refractivity contribution in [2.24, 2.45) is 10.9 Å². The van der Waals surface area contributed by atoms with E-state index in [2.05, 4.69) is 62.5 Å². The molecule has 1 aliphatic heterocycles. The maximum absolute atomic E-state index is 12.4. The van der Waals surface area contributed by atoms with Gasteiger partial charge < -0.3 is 20.4 Å². The molecule has 1 saturated heterocycles. The molecule has 1 unspecified atom stereocenters. The number of carbonyl (C=O) groups is 1. The van der Waals surface area contributed by atoms with Crippen molar-refractivity contribution in [3.05, 3.63) is 35.9 Å². The molecule has 0 aliphatic carbocycles. The van der Waals surface area contributed by atoms with E-state index in [1.54, 1.807) is 0 Å². The SMILES string of the molecule is CCNC(=NCC(C)(C)N(C)C)NCC1CC(=O)N(CCc2ccccc2)C1. The fourth-order valence-corrected chi connectivity index (χ4v) is 3.11. The van der Waals surface area contributed by atoms with Gasteiger partial charge in [0.2, 0.25) is 5.91 Å². The molecule has 0 saturated carbocycles. The van der Waals surface area contributed by atoms with Gasteiger partial charge in [-0.2, -0.15) is 0 Å². The van der Waals surface area contributed by atoms with Crippen LogP contribution in [0.1, 0.15) is 32.8 Å². The maximum Gasteiger partial charge on any atom is 0.223 e. The summed E-state index contributed by atoms with van der Waals surface area (Å²) in [5.74, 6) is 1.42. The molecular weight excluding hydrogens is 350 g/mol. The van der Waals surface area contributed by atoms with E-state index in [1.807, 2.05) is 23.1 Å². The van der Waals surface area contributed by atoms with Gasteiger partial charge in [0.25, 0.3) is 0 Å². The zero-order chi connectivity index (χ0) is 20.6. The van der Waals surface area contributed by atoms with Crippen LogP contribution in [0.5, 0.6) is 0 Å². The highest BCUT2D eigenvalue weighted by Crippen LogP contribution is 2.17. The Balaban J connectivity index is 1.82. The molecular formula is C22H37N5O. The van der Waals surface area contributed by atoms with Crippen LogP contribution in [0.15, 0.2) is 35.3 Å². The zero-order valence-electron chi connectivity index (χ0n) is 18.2. The molecule has 0 radical (unpaired) electrons. The molecule has 1 aliphatic rings. The molecule has 2 rings (SSSR count). The third-order valence-electron chi connectivity index (χ3n) is 5.54. The van der Waals surface area contributed by atoms with Gasteiger partial charge in [-0.05, 0) is 46.9 Å². The number of benzene rings is 1. The first-order chi connectivity index (χ1) is 13.3. The number of hydrogen-bond acceptors (Lipinski definition) is 3. The Bertz CT molecular complexity index is 642. The predicted molar refractivity (Wildman–Crippen MR) is 117 cm³/mol. The maximum atomic E-state index is 12.4. The molecule has 6 heteroatoms. The smallest absolute Gasteiger partial charge is 0.223 e. The minimum Gasteiger partial charge on any atom is -0.357 e. The number of hydrogen-bond donors (Lipinski definition) is 2. The molecule has 28 heavy (non-hydrogen) atoms. The lowest BCUT2D eigenvalue weighted by Crippen LogP contribution is -2.44. The number of aliphatic imine (C=N–C) groups is 1. The van der Waals surface area contributed by atoms with Gasteiger partial charge in [0.1, 0.15) is 0 Å². The number of nitrogens with zero attached hydrogens (tertiary/aromatic N) is 3. The number of carbonyl (C=O) groups excluding carboxylic acids is 1. The molecule has 0 spiro atoms. The van der Waals surface area contributed by atoms with E-state index in [1.165, 1.54) is 5.56 Å². The Morgan fingerprint density at radius 2 is 1.96 bits per heavy atom. The van der Waals surface area contributed by atoms with Gasteiger partial charge in [-0.1, -0.05) is 30.3 Å². The molecule has 6 nitrogen and oxygen atoms in total. The molecule has 1 aromatic carbocycles. The minimum atomic E-state index is -0.0000860. The number of amides is 1. The highest BCUT2D eigenvalue weighted by atomic mass is 16.2. The molecule has 1 aromatic rings. The molecule has 1 atom stereocenters. The van der Waals surface area contributed by atoms with Crippen LogP contribution in [0.25, 0.3) is 0 Å². The predicted octanol–water partition coefficient (Wildman–Crippen LogP) is 1.97. The fraction of sp³-hybridized carbons (Fsp3) is 0.636. The summed E-state index contributed by atoms with van der Waals surface area (Å²) in [7, 11) is 4.15. The van der Waals surface area contributed by atoms with E-state index < -0.39 is 0 Å². The van der Waals surface area contributed by atoms with E-state index >= 15 is 0 Å². The number of likely N-dealkylation sites (N-methyl/N-ethyl adjacent to an activating group) is 1. The van der Waals surface area contributed by atoms with Crippen LogP contribution in [0, 0.1) is 5.92 Å². The van der Waals surface area contributed by atoms with Crippen molar-refractivity contribution in [2.75, 3.05) is 46.8 Å². The third-order valence-corrected chi connectivity index (χ3v) is 5.54. The lowest BCUT2D eigenvalue weighted by molar-refractivity contribution is -0.127. The topological polar surface area (TPSA) is 60.0 Å². The summed E-state index contributed by atoms with van der Waals surface area (Å²) in [5, 5.41) is 6.74. The van der Waals surface area contributed by atoms with Crippen LogP contribution in [-0.4, -0.2) is 74.0 Å². The van der Waals surface area contributed by atoms with E-state index in [0.29, 0.717) is 18.9 Å². The Morgan fingerprint density at radius 1 is 1.25 bits per heavy atom. The van der Waals surface area contributed by atoms with Crippen molar-refractivity contribution < 1.29 is 4.79 Å². The second-order valence-corrected chi connectivity index (χ2v) is 8.43. The Hall–Kier alpha value is -2.08. The third kappa shape index (κ3) is 6.82. The van der Waals surface area contributed by atoms with Crippen LogP contribution in [0.2, 0.25) is 0 Å². The number of guanidine groups is 1. The summed E-state index contributed by atoms with van der Waals surface area (Å²) in [4.78, 5) is 21.3. The first-order valence-electron chi connectivity index (χ1n) is 10.3. The number of likely N-dealkylation sites (tertiary alicyclic amines) is 1. The second-order valence-electron chi connectivity index (χ2n) is 8.43. The van der Waals surface area contributed by atoms with E-state index in [-0.39, 0.29) is 11.4 Å². The monoisotopic (exact) mass is 387 g/mol. The van der Waals surface area contributed by atoms with Crippen LogP contribution < -0.4 is 10.6 Å².